The molecule has 0 spiro atoms. The number of nitrogens with one attached hydrogen (secondary N) is 1. The van der Waals surface area contributed by atoms with Crippen LogP contribution in [0.5, 0.6) is 5.75 Å². The lowest BCUT2D eigenvalue weighted by Gasteiger charge is -2.28. The molecule has 1 aromatic rings. The first-order chi connectivity index (χ1) is 8.28. The summed E-state index contributed by atoms with van der Waals surface area (Å²) in [7, 11) is 4.11. The fraction of sp³-hybridized carbons (Fsp3) is 0.571. The molecule has 0 saturated carbocycles. The van der Waals surface area contributed by atoms with E-state index in [9.17, 15) is 0 Å². The van der Waals surface area contributed by atoms with Gasteiger partial charge in [0, 0.05) is 18.8 Å². The molecule has 1 fully saturated rings. The second kappa shape index (κ2) is 5.92. The Morgan fingerprint density at radius 1 is 1.35 bits per heavy atom. The average Bonchev–Trinajstić information content (AvgIpc) is 2.38. The third-order valence-electron chi connectivity index (χ3n) is 3.45. The highest BCUT2D eigenvalue weighted by molar-refractivity contribution is 5.47. The molecule has 0 atom stereocenters. The van der Waals surface area contributed by atoms with E-state index in [0.717, 1.165) is 18.0 Å². The van der Waals surface area contributed by atoms with E-state index < -0.39 is 0 Å². The highest BCUT2D eigenvalue weighted by Crippen LogP contribution is 2.20. The van der Waals surface area contributed by atoms with E-state index in [-0.39, 0.29) is 0 Å². The lowest BCUT2D eigenvalue weighted by Crippen LogP contribution is -2.32. The van der Waals surface area contributed by atoms with Gasteiger partial charge in [0.25, 0.3) is 0 Å². The molecule has 94 valence electrons. The van der Waals surface area contributed by atoms with Gasteiger partial charge in [0.1, 0.15) is 5.75 Å². The van der Waals surface area contributed by atoms with E-state index in [4.69, 9.17) is 4.74 Å². The van der Waals surface area contributed by atoms with Crippen LogP contribution < -0.4 is 10.1 Å². The van der Waals surface area contributed by atoms with Gasteiger partial charge < -0.3 is 15.0 Å². The summed E-state index contributed by atoms with van der Waals surface area (Å²) in [6.07, 6.45) is 2.50. The van der Waals surface area contributed by atoms with Crippen molar-refractivity contribution in [2.45, 2.75) is 12.8 Å². The standard InChI is InChI=1S/C14H22N2O/c1-15-13-4-3-5-14(10-13)17-11-12-6-8-16(2)9-7-12/h3-5,10,12,15H,6-9,11H2,1-2H3. The molecule has 1 saturated heterocycles. The van der Waals surface area contributed by atoms with Crippen LogP contribution in [0.2, 0.25) is 0 Å². The monoisotopic (exact) mass is 234 g/mol. The Bertz CT molecular complexity index is 346. The number of nitrogens with zero attached hydrogens (tertiary/aromatic N) is 1. The molecule has 0 aromatic heterocycles. The number of rotatable bonds is 4. The molecule has 0 aliphatic carbocycles. The number of hydrogen-bond acceptors (Lipinski definition) is 3. The summed E-state index contributed by atoms with van der Waals surface area (Å²) in [5.41, 5.74) is 1.10. The van der Waals surface area contributed by atoms with Gasteiger partial charge >= 0.3 is 0 Å². The number of benzene rings is 1. The van der Waals surface area contributed by atoms with E-state index in [1.807, 2.05) is 25.2 Å². The molecule has 1 aromatic carbocycles. The van der Waals surface area contributed by atoms with Gasteiger partial charge in [-0.1, -0.05) is 6.07 Å². The van der Waals surface area contributed by atoms with Gasteiger partial charge in [-0.2, -0.15) is 0 Å². The van der Waals surface area contributed by atoms with Gasteiger partial charge in [-0.3, -0.25) is 0 Å². The van der Waals surface area contributed by atoms with Crippen molar-refractivity contribution in [1.82, 2.24) is 4.90 Å². The Morgan fingerprint density at radius 2 is 2.12 bits per heavy atom. The molecule has 17 heavy (non-hydrogen) atoms. The maximum atomic E-state index is 5.86. The number of likely N-dealkylation sites (tertiary alicyclic amines) is 1. The normalized spacial score (nSPS) is 18.0. The van der Waals surface area contributed by atoms with Crippen molar-refractivity contribution in [3.63, 3.8) is 0 Å². The average molecular weight is 234 g/mol. The molecule has 1 aliphatic rings. The molecule has 3 heteroatoms. The van der Waals surface area contributed by atoms with Crippen molar-refractivity contribution in [2.24, 2.45) is 5.92 Å². The quantitative estimate of drug-likeness (QED) is 0.866. The minimum absolute atomic E-state index is 0.712. The highest BCUT2D eigenvalue weighted by atomic mass is 16.5. The molecule has 0 bridgehead atoms. The van der Waals surface area contributed by atoms with Crippen LogP contribution in [-0.2, 0) is 0 Å². The van der Waals surface area contributed by atoms with Crippen molar-refractivity contribution < 1.29 is 4.74 Å². The summed E-state index contributed by atoms with van der Waals surface area (Å²) in [5, 5.41) is 3.12. The predicted molar refractivity (Wildman–Crippen MR) is 71.7 cm³/mol. The molecule has 0 unspecified atom stereocenters. The van der Waals surface area contributed by atoms with Crippen LogP contribution in [0.3, 0.4) is 0 Å². The van der Waals surface area contributed by atoms with Crippen molar-refractivity contribution in [3.8, 4) is 5.75 Å². The van der Waals surface area contributed by atoms with Crippen molar-refractivity contribution >= 4 is 5.69 Å². The lowest BCUT2D eigenvalue weighted by atomic mass is 9.98. The molecule has 1 heterocycles. The lowest BCUT2D eigenvalue weighted by molar-refractivity contribution is 0.160. The molecule has 3 nitrogen and oxygen atoms in total. The first-order valence-corrected chi connectivity index (χ1v) is 6.37. The van der Waals surface area contributed by atoms with Crippen LogP contribution in [0, 0.1) is 5.92 Å². The minimum atomic E-state index is 0.712. The Hall–Kier alpha value is -1.22. The summed E-state index contributed by atoms with van der Waals surface area (Å²) in [4.78, 5) is 2.39. The Kier molecular flexibility index (Phi) is 4.26. The van der Waals surface area contributed by atoms with Crippen molar-refractivity contribution in [1.29, 1.82) is 0 Å². The number of anilines is 1. The van der Waals surface area contributed by atoms with E-state index >= 15 is 0 Å². The van der Waals surface area contributed by atoms with Gasteiger partial charge in [0.15, 0.2) is 0 Å². The zero-order valence-corrected chi connectivity index (χ0v) is 10.8. The Morgan fingerprint density at radius 3 is 2.82 bits per heavy atom. The topological polar surface area (TPSA) is 24.5 Å². The largest absolute Gasteiger partial charge is 0.493 e. The summed E-state index contributed by atoms with van der Waals surface area (Å²) < 4.78 is 5.86. The smallest absolute Gasteiger partial charge is 0.121 e. The maximum absolute atomic E-state index is 5.86. The summed E-state index contributed by atoms with van der Waals surface area (Å²) in [6, 6.07) is 8.14. The first-order valence-electron chi connectivity index (χ1n) is 6.37. The summed E-state index contributed by atoms with van der Waals surface area (Å²) in [6.45, 7) is 3.25. The second-order valence-corrected chi connectivity index (χ2v) is 4.84. The predicted octanol–water partition coefficient (Wildman–Crippen LogP) is 2.45. The minimum Gasteiger partial charge on any atom is -0.493 e. The van der Waals surface area contributed by atoms with Crippen LogP contribution >= 0.6 is 0 Å². The SMILES string of the molecule is CNc1cccc(OCC2CCN(C)CC2)c1. The van der Waals surface area contributed by atoms with Crippen LogP contribution in [0.4, 0.5) is 5.69 Å². The first kappa shape index (κ1) is 12.2. The van der Waals surface area contributed by atoms with Gasteiger partial charge in [-0.25, -0.2) is 0 Å². The van der Waals surface area contributed by atoms with Gasteiger partial charge in [-0.15, -0.1) is 0 Å². The van der Waals surface area contributed by atoms with Gasteiger partial charge in [-0.05, 0) is 51.0 Å². The summed E-state index contributed by atoms with van der Waals surface area (Å²) in [5.74, 6) is 1.68. The van der Waals surface area contributed by atoms with Crippen LogP contribution in [-0.4, -0.2) is 38.7 Å². The van der Waals surface area contributed by atoms with E-state index in [1.54, 1.807) is 0 Å². The van der Waals surface area contributed by atoms with E-state index in [1.165, 1.54) is 25.9 Å². The molecule has 1 aliphatic heterocycles. The molecule has 0 radical (unpaired) electrons. The third kappa shape index (κ3) is 3.63. The fourth-order valence-electron chi connectivity index (χ4n) is 2.18. The Labute approximate surface area is 104 Å². The van der Waals surface area contributed by atoms with Gasteiger partial charge in [0.2, 0.25) is 0 Å². The van der Waals surface area contributed by atoms with E-state index in [0.29, 0.717) is 5.92 Å². The van der Waals surface area contributed by atoms with Crippen LogP contribution in [0.1, 0.15) is 12.8 Å². The Balaban J connectivity index is 1.81. The third-order valence-corrected chi connectivity index (χ3v) is 3.45. The zero-order chi connectivity index (χ0) is 12.1. The number of piperidine rings is 1. The molecule has 0 amide bonds. The van der Waals surface area contributed by atoms with Crippen molar-refractivity contribution in [3.05, 3.63) is 24.3 Å². The second-order valence-electron chi connectivity index (χ2n) is 4.84. The zero-order valence-electron chi connectivity index (χ0n) is 10.8. The summed E-state index contributed by atoms with van der Waals surface area (Å²) >= 11 is 0. The molecular weight excluding hydrogens is 212 g/mol. The van der Waals surface area contributed by atoms with Crippen LogP contribution in [0.25, 0.3) is 0 Å². The molecular formula is C14H22N2O. The number of hydrogen-bond donors (Lipinski definition) is 1. The van der Waals surface area contributed by atoms with Gasteiger partial charge in [0.05, 0.1) is 6.61 Å². The maximum Gasteiger partial charge on any atom is 0.121 e. The highest BCUT2D eigenvalue weighted by Gasteiger charge is 2.16. The van der Waals surface area contributed by atoms with Crippen molar-refractivity contribution in [2.75, 3.05) is 39.1 Å². The fourth-order valence-corrected chi connectivity index (χ4v) is 2.18. The van der Waals surface area contributed by atoms with Crippen LogP contribution in [0.15, 0.2) is 24.3 Å². The molecule has 1 N–H and O–H groups in total. The number of ether oxygens (including phenoxy) is 1. The molecule has 2 rings (SSSR count). The van der Waals surface area contributed by atoms with E-state index in [2.05, 4.69) is 23.3 Å².